The van der Waals surface area contributed by atoms with Crippen molar-refractivity contribution in [3.8, 4) is 5.75 Å². The van der Waals surface area contributed by atoms with E-state index in [4.69, 9.17) is 10.5 Å². The van der Waals surface area contributed by atoms with Crippen LogP contribution in [0, 0.1) is 18.7 Å². The predicted molar refractivity (Wildman–Crippen MR) is 130 cm³/mol. The number of carbonyl (C=O) groups is 2. The number of ether oxygens (including phenoxy) is 1. The average Bonchev–Trinajstić information content (AvgIpc) is 2.81. The minimum atomic E-state index is -0.939. The molecule has 3 aromatic carbocycles. The molecule has 0 fully saturated rings. The van der Waals surface area contributed by atoms with Crippen LogP contribution in [0.15, 0.2) is 78.9 Å². The van der Waals surface area contributed by atoms with E-state index in [1.807, 2.05) is 19.1 Å². The Kier molecular flexibility index (Phi) is 7.87. The molecule has 0 spiro atoms. The lowest BCUT2D eigenvalue weighted by Gasteiger charge is -2.23. The highest BCUT2D eigenvalue weighted by Gasteiger charge is 2.24. The summed E-state index contributed by atoms with van der Waals surface area (Å²) >= 11 is 0. The molecule has 0 unspecified atom stereocenters. The lowest BCUT2D eigenvalue weighted by Crippen LogP contribution is -2.21. The number of hydrogen-bond acceptors (Lipinski definition) is 5. The quantitative estimate of drug-likeness (QED) is 0.271. The number of hydrogen-bond donors (Lipinski definition) is 4. The van der Waals surface area contributed by atoms with E-state index in [1.54, 1.807) is 49.4 Å². The zero-order chi connectivity index (χ0) is 24.7. The first kappa shape index (κ1) is 24.3. The molecular formula is C26H26FN3O4. The maximum absolute atomic E-state index is 14.0. The number of para-hydroxylation sites is 2. The van der Waals surface area contributed by atoms with Crippen LogP contribution in [-0.2, 0) is 9.53 Å². The van der Waals surface area contributed by atoms with Crippen molar-refractivity contribution in [2.45, 2.75) is 20.0 Å². The van der Waals surface area contributed by atoms with E-state index in [1.165, 1.54) is 18.2 Å². The van der Waals surface area contributed by atoms with Crippen LogP contribution < -0.4 is 16.4 Å². The van der Waals surface area contributed by atoms with Crippen LogP contribution in [0.2, 0.25) is 0 Å². The first-order valence-electron chi connectivity index (χ1n) is 10.6. The fourth-order valence-corrected chi connectivity index (χ4v) is 3.20. The van der Waals surface area contributed by atoms with E-state index < -0.39 is 35.6 Å². The fourth-order valence-electron chi connectivity index (χ4n) is 3.20. The van der Waals surface area contributed by atoms with Gasteiger partial charge >= 0.3 is 6.09 Å². The number of nitrogens with one attached hydrogen (secondary N) is 2. The molecule has 8 heteroatoms. The van der Waals surface area contributed by atoms with Gasteiger partial charge in [-0.25, -0.2) is 9.18 Å². The summed E-state index contributed by atoms with van der Waals surface area (Å²) in [7, 11) is 0. The largest absolute Gasteiger partial charge is 0.505 e. The van der Waals surface area contributed by atoms with Gasteiger partial charge in [-0.2, -0.15) is 0 Å². The standard InChI is InChI=1S/C26H26FN3O4/c1-16-7-11-19(12-8-16)29-26(33)34-25(18-10-13-23(31)20(27)15-18)17(2)9-14-24(32)30-22-6-4-3-5-21(22)28/h3-15,17,25,31H,28H2,1-2H3,(H,29,33)(H,30,32)/b14-9+/t17-,25-/m1/s1. The van der Waals surface area contributed by atoms with Gasteiger partial charge in [-0.1, -0.05) is 48.9 Å². The number of aryl methyl sites for hydroxylation is 1. The predicted octanol–water partition coefficient (Wildman–Crippen LogP) is 5.54. The normalized spacial score (nSPS) is 12.7. The number of aromatic hydroxyl groups is 1. The Labute approximate surface area is 197 Å². The third-order valence-electron chi connectivity index (χ3n) is 5.08. The van der Waals surface area contributed by atoms with Crippen molar-refractivity contribution in [3.63, 3.8) is 0 Å². The number of carbonyl (C=O) groups excluding carboxylic acids is 2. The third kappa shape index (κ3) is 6.59. The van der Waals surface area contributed by atoms with Gasteiger partial charge in [0.05, 0.1) is 11.4 Å². The van der Waals surface area contributed by atoms with Crippen molar-refractivity contribution in [3.05, 3.63) is 95.8 Å². The molecule has 0 aliphatic heterocycles. The maximum Gasteiger partial charge on any atom is 0.412 e. The molecule has 2 atom stereocenters. The van der Waals surface area contributed by atoms with Crippen molar-refractivity contribution in [1.29, 1.82) is 0 Å². The lowest BCUT2D eigenvalue weighted by atomic mass is 9.96. The number of nitrogen functional groups attached to an aromatic ring is 1. The second-order valence-electron chi connectivity index (χ2n) is 7.82. The Hall–Kier alpha value is -4.33. The van der Waals surface area contributed by atoms with Crippen LogP contribution in [0.5, 0.6) is 5.75 Å². The van der Waals surface area contributed by atoms with E-state index >= 15 is 0 Å². The smallest absolute Gasteiger partial charge is 0.412 e. The fraction of sp³-hybridized carbons (Fsp3) is 0.154. The highest BCUT2D eigenvalue weighted by Crippen LogP contribution is 2.30. The number of benzene rings is 3. The molecule has 0 aliphatic carbocycles. The van der Waals surface area contributed by atoms with Gasteiger partial charge in [0.25, 0.3) is 0 Å². The molecule has 0 aliphatic rings. The number of nitrogens with two attached hydrogens (primary N) is 1. The average molecular weight is 464 g/mol. The number of phenols is 1. The Balaban J connectivity index is 1.76. The molecule has 34 heavy (non-hydrogen) atoms. The summed E-state index contributed by atoms with van der Waals surface area (Å²) in [6.07, 6.45) is 1.15. The van der Waals surface area contributed by atoms with Crippen LogP contribution in [0.3, 0.4) is 0 Å². The van der Waals surface area contributed by atoms with E-state index in [0.29, 0.717) is 22.6 Å². The molecular weight excluding hydrogens is 437 g/mol. The van der Waals surface area contributed by atoms with E-state index in [0.717, 1.165) is 11.6 Å². The summed E-state index contributed by atoms with van der Waals surface area (Å²) in [5.41, 5.74) is 8.62. The second kappa shape index (κ2) is 11.0. The van der Waals surface area contributed by atoms with E-state index in [9.17, 15) is 19.1 Å². The zero-order valence-corrected chi connectivity index (χ0v) is 18.8. The molecule has 0 saturated carbocycles. The summed E-state index contributed by atoms with van der Waals surface area (Å²) in [5, 5.41) is 14.8. The molecule has 0 bridgehead atoms. The van der Waals surface area contributed by atoms with Gasteiger partial charge in [-0.15, -0.1) is 0 Å². The van der Waals surface area contributed by atoms with Crippen LogP contribution in [0.1, 0.15) is 24.2 Å². The van der Waals surface area contributed by atoms with Crippen LogP contribution >= 0.6 is 0 Å². The Morgan fingerprint density at radius 3 is 2.44 bits per heavy atom. The topological polar surface area (TPSA) is 114 Å². The van der Waals surface area contributed by atoms with Gasteiger partial charge in [0.2, 0.25) is 5.91 Å². The monoisotopic (exact) mass is 463 g/mol. The summed E-state index contributed by atoms with van der Waals surface area (Å²) in [4.78, 5) is 24.9. The molecule has 0 aromatic heterocycles. The van der Waals surface area contributed by atoms with Crippen LogP contribution in [0.4, 0.5) is 26.2 Å². The first-order valence-corrected chi connectivity index (χ1v) is 10.6. The lowest BCUT2D eigenvalue weighted by molar-refractivity contribution is -0.111. The minimum absolute atomic E-state index is 0.319. The van der Waals surface area contributed by atoms with Crippen molar-refractivity contribution in [2.75, 3.05) is 16.4 Å². The zero-order valence-electron chi connectivity index (χ0n) is 18.8. The third-order valence-corrected chi connectivity index (χ3v) is 5.08. The van der Waals surface area contributed by atoms with Crippen molar-refractivity contribution < 1.29 is 23.8 Å². The highest BCUT2D eigenvalue weighted by atomic mass is 19.1. The number of anilines is 3. The summed E-state index contributed by atoms with van der Waals surface area (Å²) in [6.45, 7) is 3.64. The molecule has 0 heterocycles. The minimum Gasteiger partial charge on any atom is -0.505 e. The van der Waals surface area contributed by atoms with Gasteiger partial charge in [0, 0.05) is 11.6 Å². The molecule has 3 rings (SSSR count). The van der Waals surface area contributed by atoms with Gasteiger partial charge in [0.1, 0.15) is 6.10 Å². The van der Waals surface area contributed by atoms with Gasteiger partial charge < -0.3 is 20.9 Å². The van der Waals surface area contributed by atoms with Crippen LogP contribution in [-0.4, -0.2) is 17.1 Å². The first-order chi connectivity index (χ1) is 16.2. The summed E-state index contributed by atoms with van der Waals surface area (Å²) in [5.74, 6) is -2.32. The molecule has 2 amide bonds. The second-order valence-corrected chi connectivity index (χ2v) is 7.82. The summed E-state index contributed by atoms with van der Waals surface area (Å²) < 4.78 is 19.6. The molecule has 7 nitrogen and oxygen atoms in total. The number of rotatable bonds is 7. The maximum atomic E-state index is 14.0. The highest BCUT2D eigenvalue weighted by molar-refractivity contribution is 6.01. The van der Waals surface area contributed by atoms with E-state index in [2.05, 4.69) is 10.6 Å². The Morgan fingerprint density at radius 1 is 1.06 bits per heavy atom. The SMILES string of the molecule is Cc1ccc(NC(=O)O[C@@H](c2ccc(O)c(F)c2)[C@H](C)/C=C/C(=O)Nc2ccccc2N)cc1. The molecule has 176 valence electrons. The van der Waals surface area contributed by atoms with Gasteiger partial charge in [0.15, 0.2) is 11.6 Å². The van der Waals surface area contributed by atoms with Crippen molar-refractivity contribution in [1.82, 2.24) is 0 Å². The van der Waals surface area contributed by atoms with Gasteiger partial charge in [-0.3, -0.25) is 10.1 Å². The molecule has 5 N–H and O–H groups in total. The number of halogens is 1. The molecule has 3 aromatic rings. The molecule has 0 radical (unpaired) electrons. The Bertz CT molecular complexity index is 1190. The van der Waals surface area contributed by atoms with Crippen molar-refractivity contribution in [2.24, 2.45) is 5.92 Å². The number of amides is 2. The summed E-state index contributed by atoms with van der Waals surface area (Å²) in [6, 6.07) is 17.7. The molecule has 0 saturated heterocycles. The van der Waals surface area contributed by atoms with Gasteiger partial charge in [-0.05, 0) is 55.0 Å². The van der Waals surface area contributed by atoms with Crippen LogP contribution in [0.25, 0.3) is 0 Å². The number of phenolic OH excluding ortho intramolecular Hbond substituents is 1. The van der Waals surface area contributed by atoms with E-state index in [-0.39, 0.29) is 0 Å². The Morgan fingerprint density at radius 2 is 1.76 bits per heavy atom. The van der Waals surface area contributed by atoms with Crippen molar-refractivity contribution >= 4 is 29.1 Å².